The third-order valence-electron chi connectivity index (χ3n) is 8.37. The van der Waals surface area contributed by atoms with Gasteiger partial charge in [0.05, 0.1) is 0 Å². The fourth-order valence-electron chi connectivity index (χ4n) is 6.09. The Morgan fingerprint density at radius 1 is 0.846 bits per heavy atom. The summed E-state index contributed by atoms with van der Waals surface area (Å²) in [6.07, 6.45) is 23.2. The number of hydrogen-bond donors (Lipinski definition) is 0. The van der Waals surface area contributed by atoms with Gasteiger partial charge in [0, 0.05) is 23.9 Å². The van der Waals surface area contributed by atoms with Gasteiger partial charge in [-0.1, -0.05) is 109 Å². The highest BCUT2D eigenvalue weighted by molar-refractivity contribution is 7.09. The minimum atomic E-state index is -0.0582. The van der Waals surface area contributed by atoms with Crippen LogP contribution in [-0.4, -0.2) is 30.0 Å². The standard InChI is InChI=1S/C35H55NO2S/c1-3-5-6-7-8-9-10-11-12-13-14-15-16-22-35(37)38-34-21-17-19-30-29-31(23-24-33(30)34)36(26-4-2)27-25-32-20-18-28-39-32/h17-21,28,31H,3-16,22-27,29H2,1-2H3/t31-/m0/s1. The zero-order chi connectivity index (χ0) is 27.5. The van der Waals surface area contributed by atoms with Crippen LogP contribution in [0.2, 0.25) is 0 Å². The SMILES string of the molecule is CCCCCCCCCCCCCCCC(=O)Oc1cccc2c1CC[C@H](N(CCC)CCc1cccs1)C2. The van der Waals surface area contributed by atoms with Crippen molar-refractivity contribution in [2.45, 2.75) is 142 Å². The highest BCUT2D eigenvalue weighted by Crippen LogP contribution is 2.32. The number of rotatable bonds is 21. The van der Waals surface area contributed by atoms with Crippen LogP contribution in [0.5, 0.6) is 5.75 Å². The number of thiophene rings is 1. The maximum Gasteiger partial charge on any atom is 0.311 e. The highest BCUT2D eigenvalue weighted by Gasteiger charge is 2.26. The van der Waals surface area contributed by atoms with Gasteiger partial charge >= 0.3 is 5.97 Å². The number of ether oxygens (including phenoxy) is 1. The first-order valence-electron chi connectivity index (χ1n) is 16.3. The quantitative estimate of drug-likeness (QED) is 0.0875. The van der Waals surface area contributed by atoms with Crippen molar-refractivity contribution in [2.75, 3.05) is 13.1 Å². The number of esters is 1. The van der Waals surface area contributed by atoms with Gasteiger partial charge in [0.1, 0.15) is 5.75 Å². The fraction of sp³-hybridized carbons (Fsp3) is 0.686. The third-order valence-corrected chi connectivity index (χ3v) is 9.31. The molecule has 39 heavy (non-hydrogen) atoms. The first-order chi connectivity index (χ1) is 19.2. The molecule has 1 aromatic carbocycles. The Labute approximate surface area is 243 Å². The highest BCUT2D eigenvalue weighted by atomic mass is 32.1. The molecule has 3 nitrogen and oxygen atoms in total. The van der Waals surface area contributed by atoms with E-state index in [4.69, 9.17) is 4.74 Å². The van der Waals surface area contributed by atoms with Crippen molar-refractivity contribution in [3.8, 4) is 5.75 Å². The predicted octanol–water partition coefficient (Wildman–Crippen LogP) is 9.95. The largest absolute Gasteiger partial charge is 0.426 e. The lowest BCUT2D eigenvalue weighted by Crippen LogP contribution is -2.41. The van der Waals surface area contributed by atoms with Gasteiger partial charge < -0.3 is 4.74 Å². The van der Waals surface area contributed by atoms with Gasteiger partial charge in [-0.2, -0.15) is 0 Å². The number of unbranched alkanes of at least 4 members (excludes halogenated alkanes) is 12. The molecule has 4 heteroatoms. The van der Waals surface area contributed by atoms with Crippen molar-refractivity contribution in [1.29, 1.82) is 0 Å². The van der Waals surface area contributed by atoms with Crippen LogP contribution >= 0.6 is 11.3 Å². The summed E-state index contributed by atoms with van der Waals surface area (Å²) < 4.78 is 5.91. The van der Waals surface area contributed by atoms with E-state index >= 15 is 0 Å². The van der Waals surface area contributed by atoms with Crippen molar-refractivity contribution in [2.24, 2.45) is 0 Å². The summed E-state index contributed by atoms with van der Waals surface area (Å²) in [4.78, 5) is 16.8. The number of benzene rings is 1. The summed E-state index contributed by atoms with van der Waals surface area (Å²) in [6, 6.07) is 11.3. The van der Waals surface area contributed by atoms with Crippen LogP contribution in [0.15, 0.2) is 35.7 Å². The van der Waals surface area contributed by atoms with Crippen molar-refractivity contribution < 1.29 is 9.53 Å². The number of carbonyl (C=O) groups excluding carboxylic acids is 1. The van der Waals surface area contributed by atoms with Crippen molar-refractivity contribution in [1.82, 2.24) is 4.90 Å². The lowest BCUT2D eigenvalue weighted by Gasteiger charge is -2.35. The van der Waals surface area contributed by atoms with Crippen molar-refractivity contribution in [3.05, 3.63) is 51.7 Å². The molecular weight excluding hydrogens is 498 g/mol. The molecule has 1 heterocycles. The van der Waals surface area contributed by atoms with E-state index in [2.05, 4.69) is 48.4 Å². The van der Waals surface area contributed by atoms with Crippen LogP contribution in [-0.2, 0) is 24.1 Å². The van der Waals surface area contributed by atoms with Gasteiger partial charge in [-0.05, 0) is 73.7 Å². The van der Waals surface area contributed by atoms with Crippen LogP contribution in [0.25, 0.3) is 0 Å². The predicted molar refractivity (Wildman–Crippen MR) is 168 cm³/mol. The summed E-state index contributed by atoms with van der Waals surface area (Å²) in [5, 5.41) is 2.18. The van der Waals surface area contributed by atoms with Crippen LogP contribution in [0.3, 0.4) is 0 Å². The van der Waals surface area contributed by atoms with Crippen molar-refractivity contribution >= 4 is 17.3 Å². The minimum absolute atomic E-state index is 0.0582. The van der Waals surface area contributed by atoms with Gasteiger partial charge in [0.15, 0.2) is 0 Å². The van der Waals surface area contributed by atoms with Gasteiger partial charge in [0.2, 0.25) is 0 Å². The van der Waals surface area contributed by atoms with E-state index in [0.717, 1.165) is 57.4 Å². The molecule has 0 fully saturated rings. The molecule has 0 amide bonds. The van der Waals surface area contributed by atoms with Gasteiger partial charge in [0.25, 0.3) is 0 Å². The second kappa shape index (κ2) is 19.4. The number of hydrogen-bond acceptors (Lipinski definition) is 4. The second-order valence-electron chi connectivity index (χ2n) is 11.6. The Morgan fingerprint density at radius 2 is 1.54 bits per heavy atom. The molecule has 0 bridgehead atoms. The molecule has 0 aliphatic heterocycles. The van der Waals surface area contributed by atoms with E-state index < -0.39 is 0 Å². The molecule has 0 saturated heterocycles. The molecular formula is C35H55NO2S. The Hall–Kier alpha value is -1.65. The van der Waals surface area contributed by atoms with E-state index in [-0.39, 0.29) is 5.97 Å². The van der Waals surface area contributed by atoms with Crippen molar-refractivity contribution in [3.63, 3.8) is 0 Å². The lowest BCUT2D eigenvalue weighted by molar-refractivity contribution is -0.134. The monoisotopic (exact) mass is 553 g/mol. The molecule has 0 spiro atoms. The Bertz CT molecular complexity index is 909. The van der Waals surface area contributed by atoms with Gasteiger partial charge in [-0.3, -0.25) is 9.69 Å². The molecule has 1 aliphatic carbocycles. The zero-order valence-electron chi connectivity index (χ0n) is 25.1. The number of carbonyl (C=O) groups is 1. The van der Waals surface area contributed by atoms with E-state index in [1.165, 1.54) is 93.1 Å². The lowest BCUT2D eigenvalue weighted by atomic mass is 9.86. The van der Waals surface area contributed by atoms with Crippen LogP contribution in [0.4, 0.5) is 0 Å². The van der Waals surface area contributed by atoms with Gasteiger partial charge in [-0.25, -0.2) is 0 Å². The first kappa shape index (κ1) is 31.9. The summed E-state index contributed by atoms with van der Waals surface area (Å²) in [7, 11) is 0. The Balaban J connectivity index is 1.32. The average Bonchev–Trinajstić information content (AvgIpc) is 3.47. The number of fused-ring (bicyclic) bond motifs is 1. The molecule has 218 valence electrons. The molecule has 1 atom stereocenters. The van der Waals surface area contributed by atoms with E-state index in [9.17, 15) is 4.79 Å². The maximum absolute atomic E-state index is 12.6. The smallest absolute Gasteiger partial charge is 0.311 e. The van der Waals surface area contributed by atoms with E-state index in [0.29, 0.717) is 12.5 Å². The fourth-order valence-corrected chi connectivity index (χ4v) is 6.79. The zero-order valence-corrected chi connectivity index (χ0v) is 25.9. The van der Waals surface area contributed by atoms with E-state index in [1.54, 1.807) is 0 Å². The van der Waals surface area contributed by atoms with Gasteiger partial charge in [-0.15, -0.1) is 11.3 Å². The second-order valence-corrected chi connectivity index (χ2v) is 12.7. The third kappa shape index (κ3) is 12.2. The summed E-state index contributed by atoms with van der Waals surface area (Å²) in [5.41, 5.74) is 2.64. The maximum atomic E-state index is 12.6. The summed E-state index contributed by atoms with van der Waals surface area (Å²) >= 11 is 1.87. The van der Waals surface area contributed by atoms with Crippen LogP contribution < -0.4 is 4.74 Å². The molecule has 1 aliphatic rings. The van der Waals surface area contributed by atoms with Crippen LogP contribution in [0.1, 0.15) is 133 Å². The minimum Gasteiger partial charge on any atom is -0.426 e. The topological polar surface area (TPSA) is 29.5 Å². The Morgan fingerprint density at radius 3 is 2.18 bits per heavy atom. The normalized spacial score (nSPS) is 15.0. The first-order valence-corrected chi connectivity index (χ1v) is 17.2. The van der Waals surface area contributed by atoms with E-state index in [1.807, 2.05) is 17.4 Å². The molecule has 3 rings (SSSR count). The Kier molecular flexibility index (Phi) is 15.9. The summed E-state index contributed by atoms with van der Waals surface area (Å²) in [6.45, 7) is 6.84. The van der Waals surface area contributed by atoms with Crippen LogP contribution in [0, 0.1) is 0 Å². The molecule has 0 saturated carbocycles. The average molecular weight is 554 g/mol. The number of nitrogens with zero attached hydrogens (tertiary/aromatic N) is 1. The molecule has 2 aromatic rings. The molecule has 1 aromatic heterocycles. The summed E-state index contributed by atoms with van der Waals surface area (Å²) in [5.74, 6) is 0.753. The molecule has 0 unspecified atom stereocenters. The molecule has 0 radical (unpaired) electrons. The molecule has 0 N–H and O–H groups in total.